The van der Waals surface area contributed by atoms with Gasteiger partial charge in [0.2, 0.25) is 11.7 Å². The summed E-state index contributed by atoms with van der Waals surface area (Å²) in [6, 6.07) is 0. The highest BCUT2D eigenvalue weighted by molar-refractivity contribution is 5.91. The molecule has 1 aliphatic heterocycles. The van der Waals surface area contributed by atoms with E-state index in [2.05, 4.69) is 0 Å². The Morgan fingerprint density at radius 1 is 1.07 bits per heavy atom. The molecule has 2 rings (SSSR count). The van der Waals surface area contributed by atoms with Crippen molar-refractivity contribution in [3.63, 3.8) is 0 Å². The number of unbranched alkanes of at least 4 members (excludes halogenated alkanes) is 1. The van der Waals surface area contributed by atoms with Gasteiger partial charge < -0.3 is 24.1 Å². The van der Waals surface area contributed by atoms with Crippen molar-refractivity contribution in [2.24, 2.45) is 0 Å². The summed E-state index contributed by atoms with van der Waals surface area (Å²) >= 11 is 0. The van der Waals surface area contributed by atoms with Crippen LogP contribution >= 0.6 is 0 Å². The predicted molar refractivity (Wildman–Crippen MR) is 107 cm³/mol. The second-order valence-electron chi connectivity index (χ2n) is 10.2. The summed E-state index contributed by atoms with van der Waals surface area (Å²) in [5, 5.41) is 11.1. The average Bonchev–Trinajstić information content (AvgIpc) is 3.15. The average molecular weight is 415 g/mol. The third kappa shape index (κ3) is 5.50. The van der Waals surface area contributed by atoms with Crippen molar-refractivity contribution in [1.82, 2.24) is 0 Å². The number of aliphatic hydroxyl groups is 1. The SMILES string of the molecule is CCCC[C@H](O)[C@@]1(C(=O)OC(C)(C)C)OC2(CCCC2)O[C@@H]1C(=O)OC(C)(C)C. The Labute approximate surface area is 174 Å². The van der Waals surface area contributed by atoms with Crippen LogP contribution in [-0.2, 0) is 28.5 Å². The summed E-state index contributed by atoms with van der Waals surface area (Å²) in [4.78, 5) is 26.5. The van der Waals surface area contributed by atoms with Crippen LogP contribution in [0.1, 0.15) is 93.4 Å². The van der Waals surface area contributed by atoms with Crippen LogP contribution < -0.4 is 0 Å². The Kier molecular flexibility index (Phi) is 7.08. The number of carbonyl (C=O) groups is 2. The summed E-state index contributed by atoms with van der Waals surface area (Å²) in [7, 11) is 0. The molecule has 7 heteroatoms. The summed E-state index contributed by atoms with van der Waals surface area (Å²) in [5.74, 6) is -2.58. The van der Waals surface area contributed by atoms with Crippen LogP contribution in [0.25, 0.3) is 0 Å². The van der Waals surface area contributed by atoms with Gasteiger partial charge in [0, 0.05) is 12.8 Å². The van der Waals surface area contributed by atoms with E-state index in [0.29, 0.717) is 19.3 Å². The van der Waals surface area contributed by atoms with Gasteiger partial charge in [0.15, 0.2) is 5.79 Å². The first kappa shape index (κ1) is 24.1. The molecule has 168 valence electrons. The van der Waals surface area contributed by atoms with Crippen molar-refractivity contribution < 1.29 is 33.6 Å². The highest BCUT2D eigenvalue weighted by Crippen LogP contribution is 2.49. The zero-order valence-electron chi connectivity index (χ0n) is 19.0. The molecule has 1 spiro atoms. The Bertz CT molecular complexity index is 595. The fourth-order valence-electron chi connectivity index (χ4n) is 3.90. The van der Waals surface area contributed by atoms with Gasteiger partial charge in [-0.05, 0) is 60.8 Å². The maximum Gasteiger partial charge on any atom is 0.345 e. The summed E-state index contributed by atoms with van der Waals surface area (Å²) in [6.07, 6.45) is 1.96. The third-order valence-electron chi connectivity index (χ3n) is 5.11. The molecule has 0 unspecified atom stereocenters. The third-order valence-corrected chi connectivity index (χ3v) is 5.11. The lowest BCUT2D eigenvalue weighted by atomic mass is 9.86. The van der Waals surface area contributed by atoms with E-state index in [1.54, 1.807) is 41.5 Å². The fraction of sp³-hybridized carbons (Fsp3) is 0.909. The van der Waals surface area contributed by atoms with Crippen LogP contribution in [0.2, 0.25) is 0 Å². The van der Waals surface area contributed by atoms with Gasteiger partial charge in [-0.1, -0.05) is 19.8 Å². The van der Waals surface area contributed by atoms with Crippen LogP contribution in [0.4, 0.5) is 0 Å². The zero-order valence-corrected chi connectivity index (χ0v) is 19.0. The summed E-state index contributed by atoms with van der Waals surface area (Å²) in [6.45, 7) is 12.4. The first-order chi connectivity index (χ1) is 13.2. The molecule has 1 aliphatic carbocycles. The quantitative estimate of drug-likeness (QED) is 0.663. The summed E-state index contributed by atoms with van der Waals surface area (Å²) < 4.78 is 23.6. The topological polar surface area (TPSA) is 91.3 Å². The molecule has 1 heterocycles. The molecule has 0 aromatic heterocycles. The predicted octanol–water partition coefficient (Wildman–Crippen LogP) is 3.65. The van der Waals surface area contributed by atoms with E-state index in [1.165, 1.54) is 0 Å². The molecule has 0 bridgehead atoms. The van der Waals surface area contributed by atoms with E-state index in [0.717, 1.165) is 19.3 Å². The Balaban J connectivity index is 2.50. The van der Waals surface area contributed by atoms with Crippen molar-refractivity contribution in [3.8, 4) is 0 Å². The minimum atomic E-state index is -1.95. The molecule has 2 fully saturated rings. The van der Waals surface area contributed by atoms with Crippen LogP contribution in [0.5, 0.6) is 0 Å². The highest BCUT2D eigenvalue weighted by Gasteiger charge is 2.69. The molecule has 1 N–H and O–H groups in total. The lowest BCUT2D eigenvalue weighted by Crippen LogP contribution is -2.61. The van der Waals surface area contributed by atoms with Gasteiger partial charge in [0.1, 0.15) is 11.2 Å². The van der Waals surface area contributed by atoms with Gasteiger partial charge in [0.25, 0.3) is 0 Å². The van der Waals surface area contributed by atoms with E-state index < -0.39 is 46.7 Å². The van der Waals surface area contributed by atoms with Gasteiger partial charge in [-0.2, -0.15) is 0 Å². The zero-order chi connectivity index (χ0) is 22.1. The molecule has 0 aromatic rings. The molecule has 0 amide bonds. The van der Waals surface area contributed by atoms with E-state index in [1.807, 2.05) is 6.92 Å². The monoisotopic (exact) mass is 414 g/mol. The van der Waals surface area contributed by atoms with Gasteiger partial charge in [-0.25, -0.2) is 9.59 Å². The van der Waals surface area contributed by atoms with Crippen LogP contribution in [0.15, 0.2) is 0 Å². The van der Waals surface area contributed by atoms with E-state index >= 15 is 0 Å². The second-order valence-corrected chi connectivity index (χ2v) is 10.2. The molecule has 29 heavy (non-hydrogen) atoms. The lowest BCUT2D eigenvalue weighted by Gasteiger charge is -2.37. The first-order valence-corrected chi connectivity index (χ1v) is 10.8. The molecule has 3 atom stereocenters. The minimum absolute atomic E-state index is 0.286. The molecule has 7 nitrogen and oxygen atoms in total. The van der Waals surface area contributed by atoms with E-state index in [-0.39, 0.29) is 6.42 Å². The summed E-state index contributed by atoms with van der Waals surface area (Å²) in [5.41, 5.74) is -3.54. The fourth-order valence-corrected chi connectivity index (χ4v) is 3.90. The molecule has 0 aromatic carbocycles. The Morgan fingerprint density at radius 2 is 1.62 bits per heavy atom. The van der Waals surface area contributed by atoms with E-state index in [4.69, 9.17) is 18.9 Å². The number of ether oxygens (including phenoxy) is 4. The molecule has 1 saturated carbocycles. The normalized spacial score (nSPS) is 27.8. The molecule has 2 aliphatic rings. The number of hydrogen-bond donors (Lipinski definition) is 1. The van der Waals surface area contributed by atoms with Crippen LogP contribution in [0.3, 0.4) is 0 Å². The Hall–Kier alpha value is -1.18. The highest BCUT2D eigenvalue weighted by atomic mass is 16.8. The number of esters is 2. The number of rotatable bonds is 6. The Morgan fingerprint density at radius 3 is 2.10 bits per heavy atom. The number of carbonyl (C=O) groups excluding carboxylic acids is 2. The van der Waals surface area contributed by atoms with Crippen LogP contribution in [0, 0.1) is 0 Å². The van der Waals surface area contributed by atoms with Crippen molar-refractivity contribution in [3.05, 3.63) is 0 Å². The van der Waals surface area contributed by atoms with E-state index in [9.17, 15) is 14.7 Å². The van der Waals surface area contributed by atoms with Crippen molar-refractivity contribution in [1.29, 1.82) is 0 Å². The van der Waals surface area contributed by atoms with Gasteiger partial charge in [0.05, 0.1) is 6.10 Å². The van der Waals surface area contributed by atoms with Gasteiger partial charge in [-0.15, -0.1) is 0 Å². The van der Waals surface area contributed by atoms with Gasteiger partial charge >= 0.3 is 11.9 Å². The number of aliphatic hydroxyl groups excluding tert-OH is 1. The molecule has 1 saturated heterocycles. The lowest BCUT2D eigenvalue weighted by molar-refractivity contribution is -0.223. The second kappa shape index (κ2) is 8.52. The first-order valence-electron chi connectivity index (χ1n) is 10.8. The molecule has 0 radical (unpaired) electrons. The van der Waals surface area contributed by atoms with Crippen LogP contribution in [-0.4, -0.2) is 51.8 Å². The maximum absolute atomic E-state index is 13.4. The molecular formula is C22H38O7. The van der Waals surface area contributed by atoms with Crippen molar-refractivity contribution in [2.75, 3.05) is 0 Å². The number of hydrogen-bond acceptors (Lipinski definition) is 7. The molecular weight excluding hydrogens is 376 g/mol. The minimum Gasteiger partial charge on any atom is -0.458 e. The largest absolute Gasteiger partial charge is 0.458 e. The van der Waals surface area contributed by atoms with Crippen molar-refractivity contribution in [2.45, 2.75) is 128 Å². The smallest absolute Gasteiger partial charge is 0.345 e. The maximum atomic E-state index is 13.4. The van der Waals surface area contributed by atoms with Gasteiger partial charge in [-0.3, -0.25) is 0 Å². The standard InChI is InChI=1S/C22H38O7/c1-8-9-12-15(23)22(18(25)28-20(5,6)7)16(17(24)27-19(2,3)4)26-21(29-22)13-10-11-14-21/h15-16,23H,8-14H2,1-7H3/t15-,16+,22+/m0/s1. The van der Waals surface area contributed by atoms with Crippen molar-refractivity contribution >= 4 is 11.9 Å².